The molecule has 2 saturated heterocycles. The van der Waals surface area contributed by atoms with Crippen molar-refractivity contribution in [3.8, 4) is 0 Å². The van der Waals surface area contributed by atoms with Gasteiger partial charge >= 0.3 is 0 Å². The Bertz CT molecular complexity index is 907. The summed E-state index contributed by atoms with van der Waals surface area (Å²) in [5.74, 6) is 0.704. The summed E-state index contributed by atoms with van der Waals surface area (Å²) in [5.41, 5.74) is 8.35. The summed E-state index contributed by atoms with van der Waals surface area (Å²) in [4.78, 5) is 22.4. The Morgan fingerprint density at radius 3 is 2.56 bits per heavy atom. The molecule has 0 aliphatic carbocycles. The number of halogens is 1. The summed E-state index contributed by atoms with van der Waals surface area (Å²) >= 11 is 6.48. The van der Waals surface area contributed by atoms with Gasteiger partial charge in [-0.1, -0.05) is 37.5 Å². The van der Waals surface area contributed by atoms with Crippen LogP contribution < -0.4 is 5.73 Å². The number of aliphatic imine (C=N–C) groups is 1. The summed E-state index contributed by atoms with van der Waals surface area (Å²) < 4.78 is 5.17. The van der Waals surface area contributed by atoms with E-state index >= 15 is 0 Å². The van der Waals surface area contributed by atoms with Crippen LogP contribution in [-0.2, 0) is 4.79 Å². The van der Waals surface area contributed by atoms with E-state index in [1.165, 1.54) is 12.8 Å². The van der Waals surface area contributed by atoms with Crippen molar-refractivity contribution >= 4 is 28.4 Å². The van der Waals surface area contributed by atoms with Gasteiger partial charge in [0.25, 0.3) is 0 Å². The Balaban J connectivity index is 1.67. The molecule has 1 amide bonds. The smallest absolute Gasteiger partial charge is 0.227 e. The zero-order valence-electron chi connectivity index (χ0n) is 21.6. The maximum Gasteiger partial charge on any atom is 0.227 e. The van der Waals surface area contributed by atoms with Crippen LogP contribution in [0.25, 0.3) is 5.70 Å². The molecule has 0 aromatic carbocycles. The predicted octanol–water partition coefficient (Wildman–Crippen LogP) is 4.84. The molecule has 2 aliphatic heterocycles. The normalized spacial score (nSPS) is 20.5. The largest absolute Gasteiger partial charge is 0.397 e. The molecule has 0 unspecified atom stereocenters. The average Bonchev–Trinajstić information content (AvgIpc) is 3.22. The zero-order valence-corrected chi connectivity index (χ0v) is 22.4. The van der Waals surface area contributed by atoms with E-state index in [9.17, 15) is 4.79 Å². The Morgan fingerprint density at radius 2 is 1.97 bits per heavy atom. The van der Waals surface area contributed by atoms with Crippen LogP contribution >= 0.6 is 11.6 Å². The third-order valence-corrected chi connectivity index (χ3v) is 7.56. The molecular formula is C26H42ClN5O2. The third kappa shape index (κ3) is 7.08. The van der Waals surface area contributed by atoms with Gasteiger partial charge in [0, 0.05) is 31.3 Å². The number of hydrogen-bond acceptors (Lipinski definition) is 6. The first-order valence-corrected chi connectivity index (χ1v) is 13.0. The molecule has 0 atom stereocenters. The first kappa shape index (κ1) is 26.7. The summed E-state index contributed by atoms with van der Waals surface area (Å²) in [5, 5.41) is 4.27. The van der Waals surface area contributed by atoms with Gasteiger partial charge in [-0.15, -0.1) is 0 Å². The highest BCUT2D eigenvalue weighted by atomic mass is 35.5. The van der Waals surface area contributed by atoms with Crippen molar-refractivity contribution in [3.63, 3.8) is 0 Å². The lowest BCUT2D eigenvalue weighted by atomic mass is 9.72. The molecule has 2 aliphatic rings. The molecule has 8 heteroatoms. The third-order valence-electron chi connectivity index (χ3n) is 7.21. The molecule has 2 N–H and O–H groups in total. The van der Waals surface area contributed by atoms with E-state index < -0.39 is 0 Å². The van der Waals surface area contributed by atoms with Gasteiger partial charge < -0.3 is 20.1 Å². The number of carbonyl (C=O) groups excluding carboxylic acids is 1. The van der Waals surface area contributed by atoms with Gasteiger partial charge in [0.2, 0.25) is 5.91 Å². The fraction of sp³-hybridized carbons (Fsp3) is 0.731. The van der Waals surface area contributed by atoms with Gasteiger partial charge in [-0.05, 0) is 76.4 Å². The molecule has 0 bridgehead atoms. The Morgan fingerprint density at radius 1 is 1.26 bits per heavy atom. The summed E-state index contributed by atoms with van der Waals surface area (Å²) in [7, 11) is 0. The lowest BCUT2D eigenvalue weighted by molar-refractivity contribution is -0.135. The quantitative estimate of drug-likeness (QED) is 0.551. The second-order valence-corrected chi connectivity index (χ2v) is 11.6. The lowest BCUT2D eigenvalue weighted by Gasteiger charge is -2.48. The minimum Gasteiger partial charge on any atom is -0.397 e. The van der Waals surface area contributed by atoms with Gasteiger partial charge in [-0.2, -0.15) is 0 Å². The van der Waals surface area contributed by atoms with E-state index in [1.54, 1.807) is 13.0 Å². The standard InChI is InChI=1S/C26H42ClN5O2/c1-6-29-24(27)20(23(28)21-16-19(2)34-30-21)17-22(33)32-12-7-8-26(18-32)10-14-31(15-11-26)13-9-25(3,4)5/h16H,6-15,17-18,28H2,1-5H3/b23-20-,29-24?. The number of nitrogens with two attached hydrogens (primary N) is 1. The maximum absolute atomic E-state index is 13.4. The predicted molar refractivity (Wildman–Crippen MR) is 139 cm³/mol. The molecule has 3 heterocycles. The molecule has 0 saturated carbocycles. The maximum atomic E-state index is 13.4. The van der Waals surface area contributed by atoms with E-state index in [-0.39, 0.29) is 22.9 Å². The molecular weight excluding hydrogens is 450 g/mol. The number of hydrogen-bond donors (Lipinski definition) is 1. The van der Waals surface area contributed by atoms with Crippen LogP contribution in [0.1, 0.15) is 77.7 Å². The van der Waals surface area contributed by atoms with E-state index in [4.69, 9.17) is 21.9 Å². The molecule has 3 rings (SSSR count). The average molecular weight is 492 g/mol. The van der Waals surface area contributed by atoms with Crippen molar-refractivity contribution in [1.29, 1.82) is 0 Å². The van der Waals surface area contributed by atoms with E-state index in [1.807, 2.05) is 11.8 Å². The molecule has 1 spiro atoms. The molecule has 1 aromatic heterocycles. The number of rotatable bonds is 7. The number of nitrogens with zero attached hydrogens (tertiary/aromatic N) is 4. The first-order valence-electron chi connectivity index (χ1n) is 12.6. The van der Waals surface area contributed by atoms with Crippen molar-refractivity contribution < 1.29 is 9.32 Å². The highest BCUT2D eigenvalue weighted by molar-refractivity contribution is 6.70. The highest BCUT2D eigenvalue weighted by Gasteiger charge is 2.40. The molecule has 34 heavy (non-hydrogen) atoms. The van der Waals surface area contributed by atoms with Gasteiger partial charge in [0.15, 0.2) is 0 Å². The van der Waals surface area contributed by atoms with Crippen molar-refractivity contribution in [2.24, 2.45) is 21.6 Å². The van der Waals surface area contributed by atoms with Crippen molar-refractivity contribution in [2.45, 2.75) is 73.1 Å². The zero-order chi connectivity index (χ0) is 24.9. The molecule has 190 valence electrons. The summed E-state index contributed by atoms with van der Waals surface area (Å²) in [6.07, 6.45) is 5.89. The van der Waals surface area contributed by atoms with Crippen LogP contribution in [0.4, 0.5) is 0 Å². The second-order valence-electron chi connectivity index (χ2n) is 11.2. The molecule has 2 fully saturated rings. The van der Waals surface area contributed by atoms with Gasteiger partial charge in [-0.25, -0.2) is 0 Å². The van der Waals surface area contributed by atoms with Gasteiger partial charge in [0.05, 0.1) is 12.1 Å². The molecule has 0 radical (unpaired) electrons. The van der Waals surface area contributed by atoms with E-state index in [0.29, 0.717) is 34.7 Å². The van der Waals surface area contributed by atoms with Crippen molar-refractivity contribution in [2.75, 3.05) is 39.3 Å². The number of piperidine rings is 2. The Labute approximate surface area is 209 Å². The minimum atomic E-state index is 0.0526. The van der Waals surface area contributed by atoms with Crippen LogP contribution in [0.2, 0.25) is 0 Å². The number of likely N-dealkylation sites (tertiary alicyclic amines) is 2. The number of amides is 1. The highest BCUT2D eigenvalue weighted by Crippen LogP contribution is 2.40. The lowest BCUT2D eigenvalue weighted by Crippen LogP contribution is -2.51. The van der Waals surface area contributed by atoms with Crippen LogP contribution in [-0.4, -0.2) is 65.3 Å². The number of aryl methyl sites for hydroxylation is 1. The fourth-order valence-electron chi connectivity index (χ4n) is 5.00. The van der Waals surface area contributed by atoms with Crippen LogP contribution in [0.15, 0.2) is 21.2 Å². The van der Waals surface area contributed by atoms with E-state index in [0.717, 1.165) is 52.0 Å². The number of carbonyl (C=O) groups is 1. The van der Waals surface area contributed by atoms with Gasteiger partial charge in [0.1, 0.15) is 16.6 Å². The Kier molecular flexibility index (Phi) is 8.85. The van der Waals surface area contributed by atoms with E-state index in [2.05, 4.69) is 35.8 Å². The molecule has 7 nitrogen and oxygen atoms in total. The van der Waals surface area contributed by atoms with Crippen LogP contribution in [0, 0.1) is 17.8 Å². The number of aromatic nitrogens is 1. The fourth-order valence-corrected chi connectivity index (χ4v) is 5.29. The summed E-state index contributed by atoms with van der Waals surface area (Å²) in [6, 6.07) is 1.75. The van der Waals surface area contributed by atoms with Crippen LogP contribution in [0.3, 0.4) is 0 Å². The second kappa shape index (κ2) is 11.3. The minimum absolute atomic E-state index is 0.0526. The van der Waals surface area contributed by atoms with Crippen molar-refractivity contribution in [3.05, 3.63) is 23.1 Å². The topological polar surface area (TPSA) is 88.0 Å². The first-order chi connectivity index (χ1) is 16.0. The van der Waals surface area contributed by atoms with Crippen LogP contribution in [0.5, 0.6) is 0 Å². The monoisotopic (exact) mass is 491 g/mol. The van der Waals surface area contributed by atoms with Crippen molar-refractivity contribution in [1.82, 2.24) is 15.0 Å². The molecule has 1 aromatic rings. The Hall–Kier alpha value is -1.86. The summed E-state index contributed by atoms with van der Waals surface area (Å²) in [6.45, 7) is 16.1. The SMILES string of the molecule is CCN=C(Cl)/C(CC(=O)N1CCCC2(CCN(CCC(C)(C)C)CC2)C1)=C(\N)c1cc(C)on1. The van der Waals surface area contributed by atoms with Gasteiger partial charge in [-0.3, -0.25) is 9.79 Å².